The second-order valence-corrected chi connectivity index (χ2v) is 2.97. The van der Waals surface area contributed by atoms with Crippen molar-refractivity contribution in [1.82, 2.24) is 0 Å². The van der Waals surface area contributed by atoms with E-state index in [0.29, 0.717) is 11.1 Å². The van der Waals surface area contributed by atoms with Crippen molar-refractivity contribution in [2.24, 2.45) is 0 Å². The third-order valence-electron chi connectivity index (χ3n) is 1.58. The summed E-state index contributed by atoms with van der Waals surface area (Å²) in [6.45, 7) is 0. The Morgan fingerprint density at radius 1 is 1.10 bits per heavy atom. The molecule has 10 heavy (non-hydrogen) atoms. The van der Waals surface area contributed by atoms with Gasteiger partial charge in [0.2, 0.25) is 0 Å². The summed E-state index contributed by atoms with van der Waals surface area (Å²) in [5.41, 5.74) is 1.24. The number of thiophene rings is 1. The molecule has 1 aromatic rings. The average molecular weight is 152 g/mol. The summed E-state index contributed by atoms with van der Waals surface area (Å²) in [6, 6.07) is 0. The standard InChI is InChI=1S/C7H4O2S/c8-6-1-7(9)5-3-10-2-4(5)6/h2-3H,1H2. The summed E-state index contributed by atoms with van der Waals surface area (Å²) in [5.74, 6) is -0.0532. The molecule has 0 amide bonds. The molecular weight excluding hydrogens is 148 g/mol. The topological polar surface area (TPSA) is 34.1 Å². The first-order chi connectivity index (χ1) is 4.79. The molecule has 0 spiro atoms. The van der Waals surface area contributed by atoms with Gasteiger partial charge in [-0.15, -0.1) is 0 Å². The van der Waals surface area contributed by atoms with Crippen molar-refractivity contribution in [3.05, 3.63) is 21.9 Å². The third kappa shape index (κ3) is 0.580. The normalized spacial score (nSPS) is 16.0. The maximum atomic E-state index is 10.9. The molecule has 0 bridgehead atoms. The molecule has 0 saturated heterocycles. The van der Waals surface area contributed by atoms with Gasteiger partial charge in [-0.25, -0.2) is 0 Å². The molecule has 1 aliphatic carbocycles. The molecule has 0 aromatic carbocycles. The van der Waals surface area contributed by atoms with Gasteiger partial charge in [-0.05, 0) is 0 Å². The minimum absolute atomic E-state index is 0.0266. The highest BCUT2D eigenvalue weighted by atomic mass is 32.1. The number of carbonyl (C=O) groups excluding carboxylic acids is 2. The van der Waals surface area contributed by atoms with Crippen molar-refractivity contribution < 1.29 is 9.59 Å². The number of hydrogen-bond donors (Lipinski definition) is 0. The predicted molar refractivity (Wildman–Crippen MR) is 37.6 cm³/mol. The van der Waals surface area contributed by atoms with Crippen LogP contribution in [0.15, 0.2) is 10.8 Å². The van der Waals surface area contributed by atoms with E-state index in [1.54, 1.807) is 10.8 Å². The molecule has 2 rings (SSSR count). The maximum Gasteiger partial charge on any atom is 0.172 e. The van der Waals surface area contributed by atoms with E-state index in [-0.39, 0.29) is 18.0 Å². The van der Waals surface area contributed by atoms with E-state index in [4.69, 9.17) is 0 Å². The molecule has 1 aromatic heterocycles. The molecule has 2 nitrogen and oxygen atoms in total. The first-order valence-corrected chi connectivity index (χ1v) is 3.86. The molecule has 50 valence electrons. The highest BCUT2D eigenvalue weighted by Crippen LogP contribution is 2.24. The SMILES string of the molecule is O=C1CC(=O)c2cscc21. The minimum atomic E-state index is -0.0266. The highest BCUT2D eigenvalue weighted by molar-refractivity contribution is 7.08. The van der Waals surface area contributed by atoms with Gasteiger partial charge < -0.3 is 0 Å². The average Bonchev–Trinajstić information content (AvgIpc) is 2.39. The van der Waals surface area contributed by atoms with Crippen LogP contribution in [0.4, 0.5) is 0 Å². The van der Waals surface area contributed by atoms with Gasteiger partial charge in [-0.2, -0.15) is 11.3 Å². The zero-order chi connectivity index (χ0) is 7.14. The largest absolute Gasteiger partial charge is 0.294 e. The molecule has 1 heterocycles. The number of carbonyl (C=O) groups is 2. The van der Waals surface area contributed by atoms with Crippen LogP contribution in [0.2, 0.25) is 0 Å². The van der Waals surface area contributed by atoms with Crippen molar-refractivity contribution in [1.29, 1.82) is 0 Å². The van der Waals surface area contributed by atoms with Crippen LogP contribution in [-0.4, -0.2) is 11.6 Å². The molecule has 0 radical (unpaired) electrons. The summed E-state index contributed by atoms with van der Waals surface area (Å²) in [5, 5.41) is 3.48. The van der Waals surface area contributed by atoms with E-state index in [2.05, 4.69) is 0 Å². The third-order valence-corrected chi connectivity index (χ3v) is 2.33. The van der Waals surface area contributed by atoms with Gasteiger partial charge in [0.15, 0.2) is 11.6 Å². The summed E-state index contributed by atoms with van der Waals surface area (Å²) >= 11 is 1.41. The minimum Gasteiger partial charge on any atom is -0.294 e. The van der Waals surface area contributed by atoms with Gasteiger partial charge >= 0.3 is 0 Å². The van der Waals surface area contributed by atoms with Gasteiger partial charge in [0.05, 0.1) is 6.42 Å². The van der Waals surface area contributed by atoms with E-state index in [0.717, 1.165) is 0 Å². The first-order valence-electron chi connectivity index (χ1n) is 2.91. The van der Waals surface area contributed by atoms with Crippen LogP contribution < -0.4 is 0 Å². The van der Waals surface area contributed by atoms with E-state index < -0.39 is 0 Å². The summed E-state index contributed by atoms with van der Waals surface area (Å²) in [6.07, 6.45) is 0.0816. The van der Waals surface area contributed by atoms with Crippen molar-refractivity contribution in [2.75, 3.05) is 0 Å². The lowest BCUT2D eigenvalue weighted by Crippen LogP contribution is -1.91. The fourth-order valence-electron chi connectivity index (χ4n) is 1.07. The predicted octanol–water partition coefficient (Wildman–Crippen LogP) is 1.52. The zero-order valence-corrected chi connectivity index (χ0v) is 5.90. The van der Waals surface area contributed by atoms with Crippen molar-refractivity contribution in [3.8, 4) is 0 Å². The van der Waals surface area contributed by atoms with E-state index in [1.807, 2.05) is 0 Å². The van der Waals surface area contributed by atoms with Gasteiger partial charge in [-0.3, -0.25) is 9.59 Å². The van der Waals surface area contributed by atoms with Crippen LogP contribution in [-0.2, 0) is 0 Å². The first kappa shape index (κ1) is 5.80. The Labute approximate surface area is 61.5 Å². The Balaban J connectivity index is 2.69. The molecule has 3 heteroatoms. The van der Waals surface area contributed by atoms with Crippen LogP contribution >= 0.6 is 11.3 Å². The van der Waals surface area contributed by atoms with E-state index >= 15 is 0 Å². The lowest BCUT2D eigenvalue weighted by molar-refractivity contribution is 0.0923. The van der Waals surface area contributed by atoms with E-state index in [9.17, 15) is 9.59 Å². The summed E-state index contributed by atoms with van der Waals surface area (Å²) < 4.78 is 0. The fraction of sp³-hybridized carbons (Fsp3) is 0.143. The molecule has 0 saturated carbocycles. The quantitative estimate of drug-likeness (QED) is 0.528. The van der Waals surface area contributed by atoms with Crippen LogP contribution in [0, 0.1) is 0 Å². The van der Waals surface area contributed by atoms with Gasteiger partial charge in [0.25, 0.3) is 0 Å². The Morgan fingerprint density at radius 3 is 2.10 bits per heavy atom. The Kier molecular flexibility index (Phi) is 1.02. The van der Waals surface area contributed by atoms with Crippen LogP contribution in [0.3, 0.4) is 0 Å². The Bertz CT molecular complexity index is 283. The Morgan fingerprint density at radius 2 is 1.60 bits per heavy atom. The number of fused-ring (bicyclic) bond motifs is 1. The Hall–Kier alpha value is -0.960. The second kappa shape index (κ2) is 1.76. The van der Waals surface area contributed by atoms with Crippen LogP contribution in [0.25, 0.3) is 0 Å². The zero-order valence-electron chi connectivity index (χ0n) is 5.09. The second-order valence-electron chi connectivity index (χ2n) is 2.22. The van der Waals surface area contributed by atoms with Gasteiger partial charge in [0, 0.05) is 21.9 Å². The van der Waals surface area contributed by atoms with Crippen molar-refractivity contribution in [2.45, 2.75) is 6.42 Å². The number of hydrogen-bond acceptors (Lipinski definition) is 3. The van der Waals surface area contributed by atoms with Crippen molar-refractivity contribution in [3.63, 3.8) is 0 Å². The molecule has 0 atom stereocenters. The molecule has 0 N–H and O–H groups in total. The summed E-state index contributed by atoms with van der Waals surface area (Å²) in [4.78, 5) is 21.8. The summed E-state index contributed by atoms with van der Waals surface area (Å²) in [7, 11) is 0. The smallest absolute Gasteiger partial charge is 0.172 e. The van der Waals surface area contributed by atoms with Crippen LogP contribution in [0.1, 0.15) is 27.1 Å². The molecule has 1 aliphatic rings. The molecular formula is C7H4O2S. The number of rotatable bonds is 0. The fourth-order valence-corrected chi connectivity index (χ4v) is 1.92. The van der Waals surface area contributed by atoms with Gasteiger partial charge in [0.1, 0.15) is 0 Å². The molecule has 0 fully saturated rings. The van der Waals surface area contributed by atoms with Crippen LogP contribution in [0.5, 0.6) is 0 Å². The number of ketones is 2. The molecule has 0 unspecified atom stereocenters. The number of Topliss-reactive ketones (excluding diaryl/α,β-unsaturated/α-hetero) is 2. The maximum absolute atomic E-state index is 10.9. The van der Waals surface area contributed by atoms with Crippen molar-refractivity contribution >= 4 is 22.9 Å². The lowest BCUT2D eigenvalue weighted by Gasteiger charge is -1.77. The highest BCUT2D eigenvalue weighted by Gasteiger charge is 2.27. The van der Waals surface area contributed by atoms with Gasteiger partial charge in [-0.1, -0.05) is 0 Å². The lowest BCUT2D eigenvalue weighted by atomic mass is 10.2. The monoisotopic (exact) mass is 152 g/mol. The van der Waals surface area contributed by atoms with E-state index in [1.165, 1.54) is 11.3 Å². The molecule has 0 aliphatic heterocycles.